The summed E-state index contributed by atoms with van der Waals surface area (Å²) >= 11 is 1.61. The third kappa shape index (κ3) is 4.92. The maximum absolute atomic E-state index is 11.4. The summed E-state index contributed by atoms with van der Waals surface area (Å²) in [6.07, 6.45) is 5.30. The molecule has 8 nitrogen and oxygen atoms in total. The van der Waals surface area contributed by atoms with Crippen LogP contribution in [0.2, 0.25) is 0 Å². The van der Waals surface area contributed by atoms with Crippen LogP contribution in [-0.4, -0.2) is 51.7 Å². The summed E-state index contributed by atoms with van der Waals surface area (Å²) in [5.41, 5.74) is 2.00. The number of nitrogens with one attached hydrogen (secondary N) is 2. The van der Waals surface area contributed by atoms with E-state index in [1.807, 2.05) is 43.5 Å². The van der Waals surface area contributed by atoms with Crippen molar-refractivity contribution in [2.45, 2.75) is 25.8 Å². The Bertz CT molecular complexity index is 1020. The minimum Gasteiger partial charge on any atom is -0.387 e. The van der Waals surface area contributed by atoms with E-state index in [9.17, 15) is 4.79 Å². The van der Waals surface area contributed by atoms with Crippen LogP contribution in [0.4, 0.5) is 16.8 Å². The summed E-state index contributed by atoms with van der Waals surface area (Å²) in [6.45, 7) is 3.20. The van der Waals surface area contributed by atoms with Crippen molar-refractivity contribution in [1.82, 2.24) is 20.3 Å². The maximum atomic E-state index is 11.4. The van der Waals surface area contributed by atoms with Gasteiger partial charge in [0, 0.05) is 31.5 Å². The second kappa shape index (κ2) is 9.19. The highest BCUT2D eigenvalue weighted by Crippen LogP contribution is 2.32. The molecule has 3 N–H and O–H groups in total. The largest absolute Gasteiger partial charge is 0.387 e. The highest BCUT2D eigenvalue weighted by atomic mass is 32.1. The molecular formula is C21H24N6O2S. The van der Waals surface area contributed by atoms with Crippen LogP contribution in [0.1, 0.15) is 18.4 Å². The lowest BCUT2D eigenvalue weighted by Crippen LogP contribution is -2.45. The first-order valence-electron chi connectivity index (χ1n) is 9.89. The molecule has 156 valence electrons. The number of nitrogens with zero attached hydrogens (tertiary/aromatic N) is 4. The average molecular weight is 425 g/mol. The molecule has 0 atom stereocenters. The fourth-order valence-corrected chi connectivity index (χ4v) is 4.33. The number of amides is 1. The first kappa shape index (κ1) is 20.2. The maximum Gasteiger partial charge on any atom is 0.245 e. The zero-order valence-corrected chi connectivity index (χ0v) is 17.5. The number of aromatic nitrogens is 3. The summed E-state index contributed by atoms with van der Waals surface area (Å²) in [4.78, 5) is 28.2. The third-order valence-electron chi connectivity index (χ3n) is 4.94. The molecule has 0 radical (unpaired) electrons. The van der Waals surface area contributed by atoms with Crippen LogP contribution in [0.5, 0.6) is 0 Å². The van der Waals surface area contributed by atoms with E-state index < -0.39 is 6.61 Å². The van der Waals surface area contributed by atoms with Crippen LogP contribution in [0.3, 0.4) is 0 Å². The van der Waals surface area contributed by atoms with Gasteiger partial charge in [0.25, 0.3) is 0 Å². The number of piperidine rings is 1. The third-order valence-corrected chi connectivity index (χ3v) is 6.02. The van der Waals surface area contributed by atoms with Crippen LogP contribution in [0.25, 0.3) is 10.6 Å². The average Bonchev–Trinajstić information content (AvgIpc) is 3.25. The number of thiazole rings is 1. The second-order valence-corrected chi connectivity index (χ2v) is 8.25. The predicted molar refractivity (Wildman–Crippen MR) is 118 cm³/mol. The fourth-order valence-electron chi connectivity index (χ4n) is 3.40. The van der Waals surface area contributed by atoms with Gasteiger partial charge in [-0.25, -0.2) is 15.0 Å². The number of hydrogen-bond acceptors (Lipinski definition) is 8. The minimum absolute atomic E-state index is 0.111. The number of aliphatic hydroxyl groups excluding tert-OH is 1. The van der Waals surface area contributed by atoms with Crippen molar-refractivity contribution in [1.29, 1.82) is 0 Å². The molecule has 0 aliphatic carbocycles. The van der Waals surface area contributed by atoms with E-state index in [2.05, 4.69) is 25.5 Å². The summed E-state index contributed by atoms with van der Waals surface area (Å²) in [6, 6.07) is 9.90. The van der Waals surface area contributed by atoms with Crippen LogP contribution >= 0.6 is 11.3 Å². The van der Waals surface area contributed by atoms with Crippen LogP contribution in [-0.2, 0) is 4.79 Å². The van der Waals surface area contributed by atoms with E-state index >= 15 is 0 Å². The van der Waals surface area contributed by atoms with Gasteiger partial charge in [-0.2, -0.15) is 0 Å². The molecule has 3 aromatic rings. The standard InChI is InChI=1S/C21H24N6O2S/c1-14-5-8-22-19(11-14)26-18-4-2-3-16(25-18)17-12-23-21(30-17)27-9-6-15(7-10-27)24-20(29)13-28/h2-5,8,11-12,15,28H,6-7,9-10,13H2,1H3,(H,24,29)(H,22,25,26). The molecule has 3 aromatic heterocycles. The van der Waals surface area contributed by atoms with Crippen molar-refractivity contribution in [2.75, 3.05) is 29.9 Å². The van der Waals surface area contributed by atoms with E-state index in [1.165, 1.54) is 0 Å². The van der Waals surface area contributed by atoms with Crippen molar-refractivity contribution in [3.8, 4) is 10.6 Å². The fraction of sp³-hybridized carbons (Fsp3) is 0.333. The van der Waals surface area contributed by atoms with Gasteiger partial charge in [-0.1, -0.05) is 17.4 Å². The first-order chi connectivity index (χ1) is 14.6. The predicted octanol–water partition coefficient (Wildman–Crippen LogP) is 2.73. The van der Waals surface area contributed by atoms with E-state index in [-0.39, 0.29) is 11.9 Å². The van der Waals surface area contributed by atoms with E-state index in [0.717, 1.165) is 58.8 Å². The summed E-state index contributed by atoms with van der Waals surface area (Å²) in [5, 5.41) is 15.9. The highest BCUT2D eigenvalue weighted by molar-refractivity contribution is 7.18. The number of anilines is 3. The Hall–Kier alpha value is -3.04. The Morgan fingerprint density at radius 1 is 1.23 bits per heavy atom. The van der Waals surface area contributed by atoms with Gasteiger partial charge in [0.2, 0.25) is 5.91 Å². The van der Waals surface area contributed by atoms with Crippen molar-refractivity contribution >= 4 is 34.0 Å². The smallest absolute Gasteiger partial charge is 0.245 e. The van der Waals surface area contributed by atoms with Crippen LogP contribution in [0, 0.1) is 6.92 Å². The Morgan fingerprint density at radius 2 is 2.07 bits per heavy atom. The lowest BCUT2D eigenvalue weighted by atomic mass is 10.1. The molecular weight excluding hydrogens is 400 g/mol. The van der Waals surface area contributed by atoms with Crippen LogP contribution in [0.15, 0.2) is 42.7 Å². The molecule has 0 unspecified atom stereocenters. The molecule has 1 amide bonds. The molecule has 1 saturated heterocycles. The van der Waals surface area contributed by atoms with Crippen molar-refractivity contribution in [2.24, 2.45) is 0 Å². The Balaban J connectivity index is 1.41. The molecule has 4 heterocycles. The Morgan fingerprint density at radius 3 is 2.83 bits per heavy atom. The lowest BCUT2D eigenvalue weighted by Gasteiger charge is -2.32. The molecule has 9 heteroatoms. The van der Waals surface area contributed by atoms with E-state index in [4.69, 9.17) is 10.1 Å². The molecule has 1 aliphatic heterocycles. The number of aliphatic hydroxyl groups is 1. The summed E-state index contributed by atoms with van der Waals surface area (Å²) < 4.78 is 0. The summed E-state index contributed by atoms with van der Waals surface area (Å²) in [7, 11) is 0. The van der Waals surface area contributed by atoms with Crippen molar-refractivity contribution in [3.63, 3.8) is 0 Å². The SMILES string of the molecule is Cc1ccnc(Nc2cccc(-c3cnc(N4CCC(NC(=O)CO)CC4)s3)n2)c1. The van der Waals surface area contributed by atoms with Crippen LogP contribution < -0.4 is 15.5 Å². The van der Waals surface area contributed by atoms with E-state index in [0.29, 0.717) is 0 Å². The normalized spacial score (nSPS) is 14.5. The number of rotatable bonds is 6. The number of hydrogen-bond donors (Lipinski definition) is 3. The van der Waals surface area contributed by atoms with Gasteiger partial charge >= 0.3 is 0 Å². The van der Waals surface area contributed by atoms with Gasteiger partial charge in [0.1, 0.15) is 18.2 Å². The highest BCUT2D eigenvalue weighted by Gasteiger charge is 2.22. The van der Waals surface area contributed by atoms with Gasteiger partial charge in [0.05, 0.1) is 10.6 Å². The van der Waals surface area contributed by atoms with Crippen molar-refractivity contribution in [3.05, 3.63) is 48.3 Å². The zero-order valence-electron chi connectivity index (χ0n) is 16.7. The molecule has 0 spiro atoms. The quantitative estimate of drug-likeness (QED) is 0.559. The minimum atomic E-state index is -0.461. The monoisotopic (exact) mass is 424 g/mol. The van der Waals surface area contributed by atoms with Gasteiger partial charge < -0.3 is 20.6 Å². The topological polar surface area (TPSA) is 103 Å². The molecule has 1 fully saturated rings. The molecule has 0 aromatic carbocycles. The molecule has 0 bridgehead atoms. The van der Waals surface area contributed by atoms with Crippen molar-refractivity contribution < 1.29 is 9.90 Å². The second-order valence-electron chi connectivity index (χ2n) is 7.25. The van der Waals surface area contributed by atoms with Gasteiger partial charge in [-0.05, 0) is 49.6 Å². The van der Waals surface area contributed by atoms with Gasteiger partial charge in [-0.15, -0.1) is 0 Å². The Labute approximate surface area is 179 Å². The van der Waals surface area contributed by atoms with E-state index in [1.54, 1.807) is 17.5 Å². The van der Waals surface area contributed by atoms with Gasteiger partial charge in [0.15, 0.2) is 5.13 Å². The lowest BCUT2D eigenvalue weighted by molar-refractivity contribution is -0.124. The number of pyridine rings is 2. The molecule has 1 aliphatic rings. The molecule has 30 heavy (non-hydrogen) atoms. The number of carbonyl (C=O) groups is 1. The first-order valence-corrected chi connectivity index (χ1v) is 10.7. The molecule has 4 rings (SSSR count). The zero-order chi connectivity index (χ0) is 20.9. The van der Waals surface area contributed by atoms with Gasteiger partial charge in [-0.3, -0.25) is 4.79 Å². The number of carbonyl (C=O) groups excluding carboxylic acids is 1. The number of aryl methyl sites for hydroxylation is 1. The summed E-state index contributed by atoms with van der Waals surface area (Å²) in [5.74, 6) is 1.19. The Kier molecular flexibility index (Phi) is 6.20. The molecule has 0 saturated carbocycles.